The van der Waals surface area contributed by atoms with Crippen molar-refractivity contribution in [2.24, 2.45) is 0 Å². The molecule has 3 aromatic rings. The summed E-state index contributed by atoms with van der Waals surface area (Å²) >= 11 is 1.63. The van der Waals surface area contributed by atoms with E-state index in [4.69, 9.17) is 14.5 Å². The highest BCUT2D eigenvalue weighted by Crippen LogP contribution is 2.39. The molecular formula is C18H21N7O2S. The molecule has 1 fully saturated rings. The number of ether oxygens (including phenoxy) is 2. The van der Waals surface area contributed by atoms with Crippen LogP contribution in [0.2, 0.25) is 0 Å². The number of nitrogens with one attached hydrogen (secondary N) is 2. The van der Waals surface area contributed by atoms with E-state index in [1.165, 1.54) is 4.88 Å². The third kappa shape index (κ3) is 3.29. The van der Waals surface area contributed by atoms with E-state index in [1.807, 2.05) is 6.20 Å². The summed E-state index contributed by atoms with van der Waals surface area (Å²) in [5.41, 5.74) is 2.00. The van der Waals surface area contributed by atoms with Gasteiger partial charge in [-0.15, -0.1) is 11.3 Å². The summed E-state index contributed by atoms with van der Waals surface area (Å²) in [7, 11) is 1.58. The maximum absolute atomic E-state index is 5.83. The van der Waals surface area contributed by atoms with Gasteiger partial charge in [-0.05, 0) is 12.8 Å². The highest BCUT2D eigenvalue weighted by Gasteiger charge is 2.28. The van der Waals surface area contributed by atoms with Gasteiger partial charge in [0.2, 0.25) is 11.8 Å². The van der Waals surface area contributed by atoms with Gasteiger partial charge in [-0.2, -0.15) is 10.1 Å². The lowest BCUT2D eigenvalue weighted by atomic mass is 10.2. The van der Waals surface area contributed by atoms with Crippen molar-refractivity contribution in [2.75, 3.05) is 37.0 Å². The molecule has 0 spiro atoms. The lowest BCUT2D eigenvalue weighted by molar-refractivity contribution is 0.115. The van der Waals surface area contributed by atoms with Gasteiger partial charge >= 0.3 is 0 Å². The maximum atomic E-state index is 5.83. The summed E-state index contributed by atoms with van der Waals surface area (Å²) in [4.78, 5) is 16.9. The molecule has 146 valence electrons. The molecule has 0 aromatic carbocycles. The lowest BCUT2D eigenvalue weighted by Crippen LogP contribution is -2.33. The topological polar surface area (TPSA) is 101 Å². The molecule has 9 nitrogen and oxygen atoms in total. The molecule has 1 atom stereocenters. The number of H-pyrrole nitrogens is 1. The van der Waals surface area contributed by atoms with Crippen molar-refractivity contribution in [2.45, 2.75) is 25.4 Å². The third-order valence-electron chi connectivity index (χ3n) is 5.00. The number of thiazole rings is 1. The van der Waals surface area contributed by atoms with E-state index in [9.17, 15) is 0 Å². The Morgan fingerprint density at radius 3 is 3.25 bits per heavy atom. The highest BCUT2D eigenvalue weighted by molar-refractivity contribution is 7.16. The van der Waals surface area contributed by atoms with Crippen LogP contribution in [0.15, 0.2) is 18.5 Å². The molecule has 10 heteroatoms. The second-order valence-electron chi connectivity index (χ2n) is 6.80. The summed E-state index contributed by atoms with van der Waals surface area (Å²) in [6, 6.07) is 1.71. The maximum Gasteiger partial charge on any atom is 0.232 e. The van der Waals surface area contributed by atoms with Crippen LogP contribution in [0, 0.1) is 0 Å². The van der Waals surface area contributed by atoms with Crippen molar-refractivity contribution in [3.05, 3.63) is 23.3 Å². The van der Waals surface area contributed by atoms with Crippen LogP contribution < -0.4 is 15.0 Å². The minimum Gasteiger partial charge on any atom is -0.481 e. The van der Waals surface area contributed by atoms with Crippen LogP contribution in [0.1, 0.15) is 17.7 Å². The molecule has 28 heavy (non-hydrogen) atoms. The second kappa shape index (κ2) is 7.36. The van der Waals surface area contributed by atoms with Gasteiger partial charge in [0.15, 0.2) is 5.13 Å². The zero-order valence-corrected chi connectivity index (χ0v) is 16.3. The first-order chi connectivity index (χ1) is 13.8. The van der Waals surface area contributed by atoms with Crippen LogP contribution in [0.25, 0.3) is 11.3 Å². The van der Waals surface area contributed by atoms with Crippen LogP contribution in [-0.2, 0) is 11.2 Å². The van der Waals surface area contributed by atoms with E-state index >= 15 is 0 Å². The zero-order chi connectivity index (χ0) is 18.9. The van der Waals surface area contributed by atoms with Crippen LogP contribution in [0.4, 0.5) is 16.9 Å². The molecule has 0 amide bonds. The quantitative estimate of drug-likeness (QED) is 0.675. The average molecular weight is 399 g/mol. The number of methoxy groups -OCH3 is 1. The molecule has 0 radical (unpaired) electrons. The average Bonchev–Trinajstić information content (AvgIpc) is 3.45. The van der Waals surface area contributed by atoms with Crippen molar-refractivity contribution in [1.29, 1.82) is 0 Å². The zero-order valence-electron chi connectivity index (χ0n) is 15.5. The van der Waals surface area contributed by atoms with Gasteiger partial charge in [0.05, 0.1) is 30.7 Å². The van der Waals surface area contributed by atoms with Gasteiger partial charge < -0.3 is 14.4 Å². The summed E-state index contributed by atoms with van der Waals surface area (Å²) < 4.78 is 11.0. The third-order valence-corrected chi connectivity index (χ3v) is 6.03. The molecule has 1 saturated heterocycles. The monoisotopic (exact) mass is 399 g/mol. The van der Waals surface area contributed by atoms with E-state index in [0.29, 0.717) is 17.9 Å². The van der Waals surface area contributed by atoms with Crippen molar-refractivity contribution in [3.8, 4) is 17.1 Å². The fourth-order valence-corrected chi connectivity index (χ4v) is 4.61. The number of aromatic nitrogens is 5. The fraction of sp³-hybridized carbons (Fsp3) is 0.444. The first kappa shape index (κ1) is 17.4. The Labute approximate surface area is 166 Å². The predicted octanol–water partition coefficient (Wildman–Crippen LogP) is 2.62. The normalized spacial score (nSPS) is 18.5. The summed E-state index contributed by atoms with van der Waals surface area (Å²) in [5.74, 6) is 2.00. The Morgan fingerprint density at radius 2 is 2.39 bits per heavy atom. The minimum atomic E-state index is 0.294. The van der Waals surface area contributed by atoms with Crippen molar-refractivity contribution >= 4 is 28.2 Å². The van der Waals surface area contributed by atoms with E-state index < -0.39 is 0 Å². The fourth-order valence-electron chi connectivity index (χ4n) is 3.66. The molecule has 1 unspecified atom stereocenters. The van der Waals surface area contributed by atoms with Crippen LogP contribution in [0.5, 0.6) is 5.88 Å². The molecule has 0 aliphatic carbocycles. The summed E-state index contributed by atoms with van der Waals surface area (Å²) in [5, 5.41) is 11.4. The number of hydrogen-bond acceptors (Lipinski definition) is 9. The largest absolute Gasteiger partial charge is 0.481 e. The van der Waals surface area contributed by atoms with Gasteiger partial charge in [0.1, 0.15) is 5.82 Å². The molecule has 2 aliphatic rings. The number of hydrogen-bond donors (Lipinski definition) is 2. The molecule has 2 N–H and O–H groups in total. The Morgan fingerprint density at radius 1 is 1.43 bits per heavy atom. The molecule has 0 saturated carbocycles. The number of fused-ring (bicyclic) bond motifs is 3. The number of anilines is 3. The van der Waals surface area contributed by atoms with E-state index in [2.05, 4.69) is 30.4 Å². The van der Waals surface area contributed by atoms with E-state index in [1.54, 1.807) is 30.7 Å². The Balaban J connectivity index is 1.40. The molecular weight excluding hydrogens is 378 g/mol. The van der Waals surface area contributed by atoms with Crippen LogP contribution >= 0.6 is 11.3 Å². The first-order valence-electron chi connectivity index (χ1n) is 9.34. The van der Waals surface area contributed by atoms with Crippen LogP contribution in [0.3, 0.4) is 0 Å². The first-order valence-corrected chi connectivity index (χ1v) is 10.2. The standard InChI is InChI=1S/C18H21N7O2S/c1-26-14-4-6-19-17(21-14)23-18-22-15-12-9-20-24-16(12)25(7-5-13(15)28-18)10-11-3-2-8-27-11/h4,6,9,11H,2-3,5,7-8,10H2,1H3,(H,20,24)(H,19,21,22,23). The summed E-state index contributed by atoms with van der Waals surface area (Å²) in [6.07, 6.45) is 6.99. The van der Waals surface area contributed by atoms with Crippen molar-refractivity contribution in [1.82, 2.24) is 25.1 Å². The highest BCUT2D eigenvalue weighted by atomic mass is 32.1. The van der Waals surface area contributed by atoms with Crippen LogP contribution in [-0.4, -0.2) is 58.1 Å². The number of rotatable bonds is 5. The molecule has 5 heterocycles. The predicted molar refractivity (Wildman–Crippen MR) is 106 cm³/mol. The summed E-state index contributed by atoms with van der Waals surface area (Å²) in [6.45, 7) is 2.65. The Bertz CT molecular complexity index is 967. The Kier molecular flexibility index (Phi) is 4.57. The second-order valence-corrected chi connectivity index (χ2v) is 7.89. The molecule has 5 rings (SSSR count). The van der Waals surface area contributed by atoms with Gasteiger partial charge in [-0.25, -0.2) is 9.97 Å². The van der Waals surface area contributed by atoms with E-state index in [-0.39, 0.29) is 0 Å². The van der Waals surface area contributed by atoms with Gasteiger partial charge in [0.25, 0.3) is 0 Å². The SMILES string of the molecule is COc1ccnc(Nc2nc3c(s2)CCN(CC2CCCO2)c2[nH]ncc2-3)n1. The van der Waals surface area contributed by atoms with Gasteiger partial charge in [0, 0.05) is 43.3 Å². The van der Waals surface area contributed by atoms with Gasteiger partial charge in [-0.3, -0.25) is 10.4 Å². The molecule has 0 bridgehead atoms. The minimum absolute atomic E-state index is 0.294. The van der Waals surface area contributed by atoms with Gasteiger partial charge in [-0.1, -0.05) is 0 Å². The smallest absolute Gasteiger partial charge is 0.232 e. The van der Waals surface area contributed by atoms with E-state index in [0.717, 1.165) is 61.2 Å². The molecule has 2 aliphatic heterocycles. The molecule has 3 aromatic heterocycles. The number of aromatic amines is 1. The Hall–Kier alpha value is -2.72. The number of nitrogens with zero attached hydrogens (tertiary/aromatic N) is 5. The van der Waals surface area contributed by atoms with Crippen molar-refractivity contribution in [3.63, 3.8) is 0 Å². The van der Waals surface area contributed by atoms with Crippen molar-refractivity contribution < 1.29 is 9.47 Å². The lowest BCUT2D eigenvalue weighted by Gasteiger charge is -2.25.